The van der Waals surface area contributed by atoms with Gasteiger partial charge < -0.3 is 15.6 Å². The number of anilines is 1. The fourth-order valence-electron chi connectivity index (χ4n) is 1.44. The monoisotopic (exact) mass is 269 g/mol. The lowest BCUT2D eigenvalue weighted by atomic mass is 10.2. The minimum Gasteiger partial charge on any atom is -0.466 e. The fraction of sp³-hybridized carbons (Fsp3) is 0.462. The first-order chi connectivity index (χ1) is 8.54. The number of nitrogen functional groups attached to an aromatic ring is 1. The van der Waals surface area contributed by atoms with Gasteiger partial charge in [0.05, 0.1) is 19.1 Å². The van der Waals surface area contributed by atoms with Gasteiger partial charge in [0.2, 0.25) is 0 Å². The number of aliphatic hydroxyl groups is 1. The zero-order valence-electron chi connectivity index (χ0n) is 10.7. The number of benzene rings is 1. The van der Waals surface area contributed by atoms with Crippen molar-refractivity contribution >= 4 is 23.4 Å². The number of carbonyl (C=O) groups excluding carboxylic acids is 1. The Morgan fingerprint density at radius 2 is 2.28 bits per heavy atom. The number of hydrogen-bond acceptors (Lipinski definition) is 5. The third-order valence-electron chi connectivity index (χ3n) is 2.42. The number of hydrogen-bond donors (Lipinski definition) is 2. The Bertz CT molecular complexity index is 409. The second-order valence-electron chi connectivity index (χ2n) is 3.96. The molecule has 3 N–H and O–H groups in total. The van der Waals surface area contributed by atoms with Crippen molar-refractivity contribution in [1.82, 2.24) is 0 Å². The van der Waals surface area contributed by atoms with Gasteiger partial charge in [0.25, 0.3) is 0 Å². The van der Waals surface area contributed by atoms with Crippen molar-refractivity contribution in [3.8, 4) is 0 Å². The molecule has 1 unspecified atom stereocenters. The minimum atomic E-state index is -0.714. The van der Waals surface area contributed by atoms with Crippen LogP contribution >= 0.6 is 11.8 Å². The van der Waals surface area contributed by atoms with Gasteiger partial charge in [0.15, 0.2) is 0 Å². The number of ether oxygens (including phenoxy) is 1. The molecule has 0 radical (unpaired) electrons. The second-order valence-corrected chi connectivity index (χ2v) is 5.02. The zero-order valence-corrected chi connectivity index (χ0v) is 11.5. The van der Waals surface area contributed by atoms with E-state index in [1.165, 1.54) is 11.8 Å². The lowest BCUT2D eigenvalue weighted by Crippen LogP contribution is -2.17. The first kappa shape index (κ1) is 14.9. The largest absolute Gasteiger partial charge is 0.466 e. The Morgan fingerprint density at radius 1 is 1.56 bits per heavy atom. The molecule has 5 heteroatoms. The summed E-state index contributed by atoms with van der Waals surface area (Å²) in [7, 11) is 0. The van der Waals surface area contributed by atoms with E-state index in [-0.39, 0.29) is 12.4 Å². The van der Waals surface area contributed by atoms with E-state index in [2.05, 4.69) is 0 Å². The van der Waals surface area contributed by atoms with Crippen LogP contribution in [0.4, 0.5) is 5.69 Å². The van der Waals surface area contributed by atoms with Crippen LogP contribution in [-0.4, -0.2) is 29.5 Å². The van der Waals surface area contributed by atoms with Gasteiger partial charge in [0.1, 0.15) is 0 Å². The van der Waals surface area contributed by atoms with Crippen molar-refractivity contribution in [3.63, 3.8) is 0 Å². The lowest BCUT2D eigenvalue weighted by Gasteiger charge is -2.11. The Morgan fingerprint density at radius 3 is 2.94 bits per heavy atom. The molecule has 18 heavy (non-hydrogen) atoms. The van der Waals surface area contributed by atoms with Gasteiger partial charge in [-0.2, -0.15) is 0 Å². The molecule has 1 aromatic carbocycles. The van der Waals surface area contributed by atoms with Crippen LogP contribution in [0.15, 0.2) is 23.1 Å². The predicted octanol–water partition coefficient (Wildman–Crippen LogP) is 1.98. The maximum atomic E-state index is 11.2. The van der Waals surface area contributed by atoms with E-state index >= 15 is 0 Å². The molecule has 0 aliphatic heterocycles. The number of aliphatic hydroxyl groups excluding tert-OH is 1. The average Bonchev–Trinajstić information content (AvgIpc) is 2.31. The van der Waals surface area contributed by atoms with Crippen LogP contribution in [0.3, 0.4) is 0 Å². The third kappa shape index (κ3) is 4.58. The summed E-state index contributed by atoms with van der Waals surface area (Å²) in [5.41, 5.74) is 7.67. The van der Waals surface area contributed by atoms with Crippen molar-refractivity contribution in [2.75, 3.05) is 18.1 Å². The maximum absolute atomic E-state index is 11.2. The molecular weight excluding hydrogens is 250 g/mol. The summed E-state index contributed by atoms with van der Waals surface area (Å²) in [4.78, 5) is 12.1. The highest BCUT2D eigenvalue weighted by Crippen LogP contribution is 2.28. The van der Waals surface area contributed by atoms with Gasteiger partial charge in [-0.05, 0) is 25.5 Å². The summed E-state index contributed by atoms with van der Waals surface area (Å²) in [6.07, 6.45) is -0.694. The molecule has 100 valence electrons. The third-order valence-corrected chi connectivity index (χ3v) is 3.64. The van der Waals surface area contributed by atoms with E-state index in [1.54, 1.807) is 6.92 Å². The molecule has 0 heterocycles. The highest BCUT2D eigenvalue weighted by Gasteiger charge is 2.13. The minimum absolute atomic E-state index is 0.0204. The van der Waals surface area contributed by atoms with Crippen LogP contribution in [0.5, 0.6) is 0 Å². The van der Waals surface area contributed by atoms with Gasteiger partial charge in [-0.1, -0.05) is 12.1 Å². The molecule has 0 saturated carbocycles. The van der Waals surface area contributed by atoms with Gasteiger partial charge in [-0.3, -0.25) is 4.79 Å². The first-order valence-electron chi connectivity index (χ1n) is 5.86. The molecule has 1 aromatic rings. The van der Waals surface area contributed by atoms with Crippen LogP contribution in [0.25, 0.3) is 0 Å². The van der Waals surface area contributed by atoms with Crippen LogP contribution in [0.1, 0.15) is 18.9 Å². The predicted molar refractivity (Wildman–Crippen MR) is 73.6 cm³/mol. The van der Waals surface area contributed by atoms with Crippen molar-refractivity contribution in [1.29, 1.82) is 0 Å². The van der Waals surface area contributed by atoms with E-state index < -0.39 is 6.10 Å². The average molecular weight is 269 g/mol. The summed E-state index contributed by atoms with van der Waals surface area (Å²) in [6, 6.07) is 5.77. The van der Waals surface area contributed by atoms with Crippen LogP contribution in [0.2, 0.25) is 0 Å². The number of carbonyl (C=O) groups is 1. The Hall–Kier alpha value is -1.20. The summed E-state index contributed by atoms with van der Waals surface area (Å²) < 4.78 is 4.77. The van der Waals surface area contributed by atoms with E-state index in [1.807, 2.05) is 25.1 Å². The molecule has 0 aromatic heterocycles. The molecule has 0 aliphatic rings. The Balaban J connectivity index is 2.45. The fourth-order valence-corrected chi connectivity index (χ4v) is 2.42. The SMILES string of the molecule is CCOC(=O)CC(O)CSc1cccc(C)c1N. The molecule has 1 atom stereocenters. The summed E-state index contributed by atoms with van der Waals surface area (Å²) >= 11 is 1.45. The lowest BCUT2D eigenvalue weighted by molar-refractivity contribution is -0.144. The molecule has 0 spiro atoms. The normalized spacial score (nSPS) is 12.2. The van der Waals surface area contributed by atoms with Crippen LogP contribution in [-0.2, 0) is 9.53 Å². The smallest absolute Gasteiger partial charge is 0.308 e. The maximum Gasteiger partial charge on any atom is 0.308 e. The molecule has 0 bridgehead atoms. The number of rotatable bonds is 6. The molecule has 1 rings (SSSR count). The van der Waals surface area contributed by atoms with Crippen LogP contribution < -0.4 is 5.73 Å². The number of nitrogens with two attached hydrogens (primary N) is 1. The Labute approximate surface area is 112 Å². The zero-order chi connectivity index (χ0) is 13.5. The van der Waals surface area contributed by atoms with Gasteiger partial charge in [-0.15, -0.1) is 11.8 Å². The first-order valence-corrected chi connectivity index (χ1v) is 6.84. The van der Waals surface area contributed by atoms with E-state index in [4.69, 9.17) is 10.5 Å². The second kappa shape index (κ2) is 7.28. The summed E-state index contributed by atoms with van der Waals surface area (Å²) in [5.74, 6) is 0.0507. The van der Waals surface area contributed by atoms with Gasteiger partial charge in [0, 0.05) is 16.3 Å². The molecule has 0 aliphatic carbocycles. The quantitative estimate of drug-likeness (QED) is 0.469. The molecule has 0 amide bonds. The Kier molecular flexibility index (Phi) is 6.01. The van der Waals surface area contributed by atoms with E-state index in [9.17, 15) is 9.90 Å². The molecule has 0 fully saturated rings. The van der Waals surface area contributed by atoms with Crippen molar-refractivity contribution in [2.45, 2.75) is 31.3 Å². The molecule has 0 saturated heterocycles. The topological polar surface area (TPSA) is 72.5 Å². The van der Waals surface area contributed by atoms with Crippen molar-refractivity contribution in [3.05, 3.63) is 23.8 Å². The van der Waals surface area contributed by atoms with E-state index in [0.29, 0.717) is 12.4 Å². The number of para-hydroxylation sites is 1. The summed E-state index contributed by atoms with van der Waals surface area (Å²) in [5, 5.41) is 9.71. The standard InChI is InChI=1S/C13H19NO3S/c1-3-17-12(16)7-10(15)8-18-11-6-4-5-9(2)13(11)14/h4-6,10,15H,3,7-8,14H2,1-2H3. The number of esters is 1. The van der Waals surface area contributed by atoms with Gasteiger partial charge in [-0.25, -0.2) is 0 Å². The molecule has 4 nitrogen and oxygen atoms in total. The highest BCUT2D eigenvalue weighted by molar-refractivity contribution is 7.99. The molecular formula is C13H19NO3S. The van der Waals surface area contributed by atoms with E-state index in [0.717, 1.165) is 16.1 Å². The van der Waals surface area contributed by atoms with Crippen LogP contribution in [0, 0.1) is 6.92 Å². The number of thioether (sulfide) groups is 1. The van der Waals surface area contributed by atoms with Gasteiger partial charge >= 0.3 is 5.97 Å². The number of aryl methyl sites for hydroxylation is 1. The highest BCUT2D eigenvalue weighted by atomic mass is 32.2. The van der Waals surface area contributed by atoms with Crippen molar-refractivity contribution < 1.29 is 14.6 Å². The van der Waals surface area contributed by atoms with Crippen molar-refractivity contribution in [2.24, 2.45) is 0 Å². The summed E-state index contributed by atoms with van der Waals surface area (Å²) in [6.45, 7) is 4.02.